The Hall–Kier alpha value is -3.32. The van der Waals surface area contributed by atoms with Crippen molar-refractivity contribution in [2.45, 2.75) is 6.10 Å². The Morgan fingerprint density at radius 1 is 1.11 bits per heavy atom. The average Bonchev–Trinajstić information content (AvgIpc) is 2.71. The van der Waals surface area contributed by atoms with Crippen molar-refractivity contribution in [1.82, 2.24) is 5.32 Å². The molecule has 7 heteroatoms. The molecule has 1 unspecified atom stereocenters. The molecule has 0 spiro atoms. The minimum absolute atomic E-state index is 0.0646. The van der Waals surface area contributed by atoms with E-state index in [2.05, 4.69) is 5.32 Å². The summed E-state index contributed by atoms with van der Waals surface area (Å²) in [7, 11) is 3.02. The molecule has 0 saturated heterocycles. The third-order valence-corrected chi connectivity index (χ3v) is 4.11. The van der Waals surface area contributed by atoms with Crippen molar-refractivity contribution in [3.63, 3.8) is 0 Å². The Morgan fingerprint density at radius 3 is 2.59 bits per heavy atom. The van der Waals surface area contributed by atoms with E-state index in [1.54, 1.807) is 42.5 Å². The van der Waals surface area contributed by atoms with Gasteiger partial charge in [-0.15, -0.1) is 0 Å². The molecule has 140 valence electrons. The van der Waals surface area contributed by atoms with Gasteiger partial charge in [-0.1, -0.05) is 18.2 Å². The van der Waals surface area contributed by atoms with Gasteiger partial charge in [0.2, 0.25) is 0 Å². The maximum Gasteiger partial charge on any atom is 0.287 e. The second kappa shape index (κ2) is 7.92. The van der Waals surface area contributed by atoms with Crippen molar-refractivity contribution >= 4 is 16.9 Å². The molecule has 1 aromatic heterocycles. The Morgan fingerprint density at radius 2 is 1.85 bits per heavy atom. The summed E-state index contributed by atoms with van der Waals surface area (Å²) in [6.45, 7) is -0.0646. The maximum atomic E-state index is 12.3. The van der Waals surface area contributed by atoms with E-state index in [0.29, 0.717) is 28.0 Å². The van der Waals surface area contributed by atoms with Gasteiger partial charge >= 0.3 is 0 Å². The van der Waals surface area contributed by atoms with Crippen LogP contribution in [0.2, 0.25) is 0 Å². The molecule has 0 fully saturated rings. The molecule has 0 aliphatic carbocycles. The molecule has 2 aromatic carbocycles. The lowest BCUT2D eigenvalue weighted by Crippen LogP contribution is -2.29. The SMILES string of the molecule is COc1ccc(C(O)CNC(=O)c2cc(=O)c3ccccc3o2)cc1OC. The first-order valence-electron chi connectivity index (χ1n) is 8.24. The number of amides is 1. The Kier molecular flexibility index (Phi) is 5.42. The van der Waals surface area contributed by atoms with E-state index in [0.717, 1.165) is 6.07 Å². The van der Waals surface area contributed by atoms with Gasteiger partial charge in [0.25, 0.3) is 5.91 Å². The maximum absolute atomic E-state index is 12.3. The van der Waals surface area contributed by atoms with Crippen molar-refractivity contribution < 1.29 is 23.8 Å². The number of ether oxygens (including phenoxy) is 2. The van der Waals surface area contributed by atoms with Crippen LogP contribution in [0.4, 0.5) is 0 Å². The van der Waals surface area contributed by atoms with Crippen molar-refractivity contribution in [2.24, 2.45) is 0 Å². The number of para-hydroxylation sites is 1. The first kappa shape index (κ1) is 18.5. The van der Waals surface area contributed by atoms with Crippen LogP contribution in [0.1, 0.15) is 22.2 Å². The Bertz CT molecular complexity index is 1030. The summed E-state index contributed by atoms with van der Waals surface area (Å²) >= 11 is 0. The quantitative estimate of drug-likeness (QED) is 0.692. The number of aliphatic hydroxyl groups excluding tert-OH is 1. The normalized spacial score (nSPS) is 11.8. The fraction of sp³-hybridized carbons (Fsp3) is 0.200. The molecule has 0 radical (unpaired) electrons. The lowest BCUT2D eigenvalue weighted by Gasteiger charge is -2.14. The first-order valence-corrected chi connectivity index (χ1v) is 8.24. The molecule has 0 bridgehead atoms. The smallest absolute Gasteiger partial charge is 0.287 e. The molecule has 0 aliphatic heterocycles. The van der Waals surface area contributed by atoms with Crippen molar-refractivity contribution in [3.05, 3.63) is 70.1 Å². The second-order valence-corrected chi connectivity index (χ2v) is 5.81. The average molecular weight is 369 g/mol. The molecule has 1 heterocycles. The van der Waals surface area contributed by atoms with E-state index in [9.17, 15) is 14.7 Å². The summed E-state index contributed by atoms with van der Waals surface area (Å²) < 4.78 is 15.8. The number of carbonyl (C=O) groups excluding carboxylic acids is 1. The van der Waals surface area contributed by atoms with Gasteiger partial charge in [-0.3, -0.25) is 9.59 Å². The zero-order chi connectivity index (χ0) is 19.4. The zero-order valence-electron chi connectivity index (χ0n) is 14.9. The molecule has 1 amide bonds. The molecule has 3 aromatic rings. The van der Waals surface area contributed by atoms with Crippen molar-refractivity contribution in [2.75, 3.05) is 20.8 Å². The van der Waals surface area contributed by atoms with Crippen molar-refractivity contribution in [1.29, 1.82) is 0 Å². The number of aliphatic hydroxyl groups is 1. The summed E-state index contributed by atoms with van der Waals surface area (Å²) in [6, 6.07) is 12.8. The number of benzene rings is 2. The third-order valence-electron chi connectivity index (χ3n) is 4.11. The van der Waals surface area contributed by atoms with Crippen molar-refractivity contribution in [3.8, 4) is 11.5 Å². The second-order valence-electron chi connectivity index (χ2n) is 5.81. The first-order chi connectivity index (χ1) is 13.0. The molecular formula is C20H19NO6. The van der Waals surface area contributed by atoms with Gasteiger partial charge < -0.3 is 24.3 Å². The van der Waals surface area contributed by atoms with Crippen LogP contribution in [0.5, 0.6) is 11.5 Å². The summed E-state index contributed by atoms with van der Waals surface area (Å²) in [5, 5.41) is 13.3. The topological polar surface area (TPSA) is 98.0 Å². The van der Waals surface area contributed by atoms with E-state index in [4.69, 9.17) is 13.9 Å². The summed E-state index contributed by atoms with van der Waals surface area (Å²) in [6.07, 6.45) is -0.971. The molecule has 1 atom stereocenters. The number of carbonyl (C=O) groups is 1. The van der Waals surface area contributed by atoms with Crippen LogP contribution in [0.3, 0.4) is 0 Å². The van der Waals surface area contributed by atoms with E-state index in [1.165, 1.54) is 14.2 Å². The number of hydrogen-bond donors (Lipinski definition) is 2. The molecule has 3 rings (SSSR count). The van der Waals surface area contributed by atoms with Crippen LogP contribution in [0, 0.1) is 0 Å². The summed E-state index contributed by atoms with van der Waals surface area (Å²) in [5.41, 5.74) is 0.575. The molecule has 0 aliphatic rings. The van der Waals surface area contributed by atoms with E-state index in [1.807, 2.05) is 0 Å². The minimum atomic E-state index is -0.971. The van der Waals surface area contributed by atoms with E-state index < -0.39 is 12.0 Å². The van der Waals surface area contributed by atoms with Gasteiger partial charge in [0.05, 0.1) is 25.7 Å². The highest BCUT2D eigenvalue weighted by atomic mass is 16.5. The highest BCUT2D eigenvalue weighted by molar-refractivity contribution is 5.93. The Labute approximate surface area is 155 Å². The van der Waals surface area contributed by atoms with Crippen LogP contribution < -0.4 is 20.2 Å². The van der Waals surface area contributed by atoms with Gasteiger partial charge in [0.1, 0.15) is 5.58 Å². The van der Waals surface area contributed by atoms with Gasteiger partial charge in [-0.2, -0.15) is 0 Å². The van der Waals surface area contributed by atoms with Gasteiger partial charge in [-0.25, -0.2) is 0 Å². The lowest BCUT2D eigenvalue weighted by atomic mass is 10.1. The number of hydrogen-bond acceptors (Lipinski definition) is 6. The molecule has 27 heavy (non-hydrogen) atoms. The highest BCUT2D eigenvalue weighted by Crippen LogP contribution is 2.29. The molecule has 2 N–H and O–H groups in total. The number of methoxy groups -OCH3 is 2. The van der Waals surface area contributed by atoms with E-state index >= 15 is 0 Å². The van der Waals surface area contributed by atoms with E-state index in [-0.39, 0.29) is 17.7 Å². The Balaban J connectivity index is 1.73. The zero-order valence-corrected chi connectivity index (χ0v) is 14.9. The fourth-order valence-corrected chi connectivity index (χ4v) is 2.67. The summed E-state index contributed by atoms with van der Waals surface area (Å²) in [4.78, 5) is 24.4. The minimum Gasteiger partial charge on any atom is -0.493 e. The highest BCUT2D eigenvalue weighted by Gasteiger charge is 2.16. The van der Waals surface area contributed by atoms with Gasteiger partial charge in [0, 0.05) is 12.6 Å². The van der Waals surface area contributed by atoms with Crippen LogP contribution in [0.15, 0.2) is 57.7 Å². The largest absolute Gasteiger partial charge is 0.493 e. The number of fused-ring (bicyclic) bond motifs is 1. The van der Waals surface area contributed by atoms with Gasteiger partial charge in [-0.05, 0) is 29.8 Å². The van der Waals surface area contributed by atoms with Crippen LogP contribution in [0.25, 0.3) is 11.0 Å². The predicted molar refractivity (Wildman–Crippen MR) is 99.3 cm³/mol. The van der Waals surface area contributed by atoms with Crippen LogP contribution >= 0.6 is 0 Å². The summed E-state index contributed by atoms with van der Waals surface area (Å²) in [5.74, 6) is 0.312. The monoisotopic (exact) mass is 369 g/mol. The van der Waals surface area contributed by atoms with Gasteiger partial charge in [0.15, 0.2) is 22.7 Å². The molecule has 7 nitrogen and oxygen atoms in total. The molecular weight excluding hydrogens is 350 g/mol. The predicted octanol–water partition coefficient (Wildman–Crippen LogP) is 2.27. The molecule has 0 saturated carbocycles. The number of rotatable bonds is 6. The lowest BCUT2D eigenvalue weighted by molar-refractivity contribution is 0.0889. The third kappa shape index (κ3) is 3.93. The number of nitrogens with one attached hydrogen (secondary N) is 1. The van der Waals surface area contributed by atoms with Crippen LogP contribution in [-0.4, -0.2) is 31.8 Å². The fourth-order valence-electron chi connectivity index (χ4n) is 2.67. The standard InChI is InChI=1S/C20H19NO6/c1-25-17-8-7-12(9-18(17)26-2)15(23)11-21-20(24)19-10-14(22)13-5-3-4-6-16(13)27-19/h3-10,15,23H,11H2,1-2H3,(H,21,24). The van der Waals surface area contributed by atoms with Crippen LogP contribution in [-0.2, 0) is 0 Å².